The molecule has 5 rings (SSSR count). The molecule has 0 fully saturated rings. The van der Waals surface area contributed by atoms with Gasteiger partial charge in [0.15, 0.2) is 5.78 Å². The first-order valence-electron chi connectivity index (χ1n) is 9.10. The van der Waals surface area contributed by atoms with E-state index in [0.717, 1.165) is 10.1 Å². The molecule has 0 saturated heterocycles. The summed E-state index contributed by atoms with van der Waals surface area (Å²) in [6, 6.07) is 12.9. The number of hydrogen-bond acceptors (Lipinski definition) is 4. The maximum Gasteiger partial charge on any atom is 0.332 e. The van der Waals surface area contributed by atoms with Crippen molar-refractivity contribution in [2.75, 3.05) is 5.32 Å². The van der Waals surface area contributed by atoms with Crippen LogP contribution >= 0.6 is 0 Å². The summed E-state index contributed by atoms with van der Waals surface area (Å²) in [6.45, 7) is 0. The van der Waals surface area contributed by atoms with Gasteiger partial charge >= 0.3 is 5.69 Å². The van der Waals surface area contributed by atoms with Gasteiger partial charge in [0.1, 0.15) is 11.6 Å². The number of nitrogens with zero attached hydrogens (tertiary/aromatic N) is 2. The maximum absolute atomic E-state index is 13.6. The van der Waals surface area contributed by atoms with Crippen LogP contribution < -0.4 is 16.6 Å². The maximum atomic E-state index is 13.6. The van der Waals surface area contributed by atoms with E-state index in [9.17, 15) is 18.8 Å². The highest BCUT2D eigenvalue weighted by Gasteiger charge is 2.42. The van der Waals surface area contributed by atoms with Crippen molar-refractivity contribution in [1.29, 1.82) is 0 Å². The Hall–Kier alpha value is -3.74. The predicted molar refractivity (Wildman–Crippen MR) is 106 cm³/mol. The number of halogens is 1. The Morgan fingerprint density at radius 1 is 0.897 bits per heavy atom. The topological polar surface area (TPSA) is 73.1 Å². The molecule has 0 radical (unpaired) electrons. The molecule has 6 nitrogen and oxygen atoms in total. The van der Waals surface area contributed by atoms with Crippen LogP contribution in [0.4, 0.5) is 10.2 Å². The van der Waals surface area contributed by atoms with Crippen molar-refractivity contribution in [1.82, 2.24) is 9.13 Å². The Kier molecular flexibility index (Phi) is 3.52. The molecule has 0 amide bonds. The third-order valence-electron chi connectivity index (χ3n) is 5.68. The Bertz CT molecular complexity index is 1360. The molecule has 3 aromatic rings. The highest BCUT2D eigenvalue weighted by molar-refractivity contribution is 6.23. The number of anilines is 1. The lowest BCUT2D eigenvalue weighted by Crippen LogP contribution is -2.42. The van der Waals surface area contributed by atoms with Gasteiger partial charge in [0.25, 0.3) is 5.56 Å². The highest BCUT2D eigenvalue weighted by Crippen LogP contribution is 2.47. The lowest BCUT2D eigenvalue weighted by atomic mass is 9.81. The van der Waals surface area contributed by atoms with E-state index in [0.29, 0.717) is 33.8 Å². The number of fused-ring (bicyclic) bond motifs is 3. The fourth-order valence-corrected chi connectivity index (χ4v) is 4.25. The summed E-state index contributed by atoms with van der Waals surface area (Å²) in [5.41, 5.74) is 2.21. The zero-order valence-corrected chi connectivity index (χ0v) is 15.7. The summed E-state index contributed by atoms with van der Waals surface area (Å²) in [6.07, 6.45) is 0. The number of ketones is 1. The molecule has 2 aliphatic rings. The summed E-state index contributed by atoms with van der Waals surface area (Å²) in [5, 5.41) is 3.17. The molecule has 1 N–H and O–H groups in total. The number of allylic oxidation sites excluding steroid dienone is 1. The second kappa shape index (κ2) is 5.88. The molecular formula is C22H16FN3O3. The molecule has 1 aromatic heterocycles. The number of aromatic nitrogens is 2. The van der Waals surface area contributed by atoms with Crippen LogP contribution in [0.15, 0.2) is 63.7 Å². The summed E-state index contributed by atoms with van der Waals surface area (Å²) in [4.78, 5) is 38.9. The summed E-state index contributed by atoms with van der Waals surface area (Å²) in [7, 11) is 2.98. The van der Waals surface area contributed by atoms with Gasteiger partial charge in [0, 0.05) is 36.7 Å². The van der Waals surface area contributed by atoms with Gasteiger partial charge in [-0.2, -0.15) is 0 Å². The summed E-state index contributed by atoms with van der Waals surface area (Å²) < 4.78 is 16.0. The largest absolute Gasteiger partial charge is 0.340 e. The van der Waals surface area contributed by atoms with Crippen LogP contribution in [0.2, 0.25) is 0 Å². The van der Waals surface area contributed by atoms with Crippen LogP contribution in [0.1, 0.15) is 33.0 Å². The van der Waals surface area contributed by atoms with E-state index in [1.165, 1.54) is 23.7 Å². The molecule has 1 aliphatic heterocycles. The number of hydrogen-bond donors (Lipinski definition) is 1. The second-order valence-corrected chi connectivity index (χ2v) is 7.24. The Balaban J connectivity index is 1.89. The van der Waals surface area contributed by atoms with E-state index in [1.54, 1.807) is 31.3 Å². The van der Waals surface area contributed by atoms with Gasteiger partial charge in [0.05, 0.1) is 11.3 Å². The van der Waals surface area contributed by atoms with Gasteiger partial charge in [-0.05, 0) is 17.7 Å². The quantitative estimate of drug-likeness (QED) is 0.694. The van der Waals surface area contributed by atoms with Crippen LogP contribution in [0.25, 0.3) is 5.70 Å². The van der Waals surface area contributed by atoms with E-state index in [-0.39, 0.29) is 5.78 Å². The van der Waals surface area contributed by atoms with Crippen LogP contribution in [-0.4, -0.2) is 14.9 Å². The zero-order chi connectivity index (χ0) is 20.4. The number of carbonyl (C=O) groups is 1. The Morgan fingerprint density at radius 2 is 1.55 bits per heavy atom. The molecular weight excluding hydrogens is 373 g/mol. The minimum absolute atomic E-state index is 0.181. The normalized spacial score (nSPS) is 16.9. The SMILES string of the molecule is Cn1c2c(c(=O)n(C)c1=O)[C@@H](c1ccc(F)cc1)C1=C(N2)c2ccccc2C1=O. The standard InChI is InChI=1S/C22H16FN3O3/c1-25-20-17(21(28)26(2)22(25)29)15(11-7-9-12(23)10-8-11)16-18(24-20)13-5-3-4-6-14(13)19(16)27/h3-10,15,24H,1-2H3/t15-/m0/s1. The fourth-order valence-electron chi connectivity index (χ4n) is 4.25. The Morgan fingerprint density at radius 3 is 2.24 bits per heavy atom. The smallest absolute Gasteiger partial charge is 0.332 e. The molecule has 29 heavy (non-hydrogen) atoms. The van der Waals surface area contributed by atoms with Crippen molar-refractivity contribution in [3.8, 4) is 0 Å². The van der Waals surface area contributed by atoms with Crippen LogP contribution in [0.5, 0.6) is 0 Å². The van der Waals surface area contributed by atoms with Crippen molar-refractivity contribution in [3.63, 3.8) is 0 Å². The van der Waals surface area contributed by atoms with Crippen LogP contribution in [0, 0.1) is 5.82 Å². The van der Waals surface area contributed by atoms with Gasteiger partial charge < -0.3 is 5.32 Å². The minimum atomic E-state index is -0.716. The molecule has 0 bridgehead atoms. The van der Waals surface area contributed by atoms with Crippen molar-refractivity contribution in [2.24, 2.45) is 14.1 Å². The number of benzene rings is 2. The van der Waals surface area contributed by atoms with E-state index in [1.807, 2.05) is 12.1 Å². The molecule has 1 atom stereocenters. The van der Waals surface area contributed by atoms with Gasteiger partial charge in [-0.3, -0.25) is 18.7 Å². The molecule has 0 saturated carbocycles. The van der Waals surface area contributed by atoms with E-state index < -0.39 is 23.0 Å². The van der Waals surface area contributed by atoms with Crippen molar-refractivity contribution in [2.45, 2.75) is 5.92 Å². The van der Waals surface area contributed by atoms with E-state index in [2.05, 4.69) is 5.32 Å². The van der Waals surface area contributed by atoms with Crippen LogP contribution in [0.3, 0.4) is 0 Å². The first-order valence-corrected chi connectivity index (χ1v) is 9.10. The molecule has 0 unspecified atom stereocenters. The third kappa shape index (κ3) is 2.24. The number of carbonyl (C=O) groups excluding carboxylic acids is 1. The lowest BCUT2D eigenvalue weighted by Gasteiger charge is -2.29. The second-order valence-electron chi connectivity index (χ2n) is 7.24. The number of rotatable bonds is 1. The molecule has 1 aliphatic carbocycles. The molecule has 0 spiro atoms. The highest BCUT2D eigenvalue weighted by atomic mass is 19.1. The van der Waals surface area contributed by atoms with Crippen molar-refractivity contribution >= 4 is 17.3 Å². The molecule has 2 aromatic carbocycles. The van der Waals surface area contributed by atoms with E-state index >= 15 is 0 Å². The number of nitrogens with one attached hydrogen (secondary N) is 1. The van der Waals surface area contributed by atoms with Crippen LogP contribution in [-0.2, 0) is 14.1 Å². The molecule has 144 valence electrons. The molecule has 2 heterocycles. The van der Waals surface area contributed by atoms with E-state index in [4.69, 9.17) is 0 Å². The summed E-state index contributed by atoms with van der Waals surface area (Å²) >= 11 is 0. The first-order chi connectivity index (χ1) is 13.9. The van der Waals surface area contributed by atoms with Gasteiger partial charge in [-0.1, -0.05) is 36.4 Å². The minimum Gasteiger partial charge on any atom is -0.340 e. The van der Waals surface area contributed by atoms with Gasteiger partial charge in [-0.25, -0.2) is 9.18 Å². The third-order valence-corrected chi connectivity index (χ3v) is 5.68. The predicted octanol–water partition coefficient (Wildman–Crippen LogP) is 2.39. The lowest BCUT2D eigenvalue weighted by molar-refractivity contribution is 0.103. The van der Waals surface area contributed by atoms with Crippen molar-refractivity contribution in [3.05, 3.63) is 103 Å². The average molecular weight is 389 g/mol. The average Bonchev–Trinajstić information content (AvgIpc) is 3.02. The molecule has 7 heteroatoms. The van der Waals surface area contributed by atoms with Crippen molar-refractivity contribution < 1.29 is 9.18 Å². The monoisotopic (exact) mass is 389 g/mol. The first kappa shape index (κ1) is 17.4. The number of Topliss-reactive ketones (excluding diaryl/α,β-unsaturated/α-hetero) is 1. The Labute approximate surface area is 164 Å². The summed E-state index contributed by atoms with van der Waals surface area (Å²) in [5.74, 6) is -0.964. The van der Waals surface area contributed by atoms with Gasteiger partial charge in [-0.15, -0.1) is 0 Å². The van der Waals surface area contributed by atoms with Gasteiger partial charge in [0.2, 0.25) is 0 Å². The fraction of sp³-hybridized carbons (Fsp3) is 0.136. The zero-order valence-electron chi connectivity index (χ0n) is 15.7.